The van der Waals surface area contributed by atoms with Gasteiger partial charge in [-0.2, -0.15) is 13.2 Å². The fourth-order valence-electron chi connectivity index (χ4n) is 2.98. The second kappa shape index (κ2) is 10.8. The molecule has 0 aliphatic carbocycles. The van der Waals surface area contributed by atoms with Gasteiger partial charge >= 0.3 is 6.18 Å². The van der Waals surface area contributed by atoms with Crippen LogP contribution in [0, 0.1) is 0 Å². The van der Waals surface area contributed by atoms with Gasteiger partial charge in [-0.3, -0.25) is 9.89 Å². The minimum Gasteiger partial charge on any atom is -0.352 e. The molecule has 7 nitrogen and oxygen atoms in total. The van der Waals surface area contributed by atoms with Crippen LogP contribution in [0.2, 0.25) is 0 Å². The predicted octanol–water partition coefficient (Wildman–Crippen LogP) is 1.86. The molecule has 1 saturated heterocycles. The summed E-state index contributed by atoms with van der Waals surface area (Å²) in [5, 5.41) is 3.15. The molecule has 1 unspecified atom stereocenters. The third kappa shape index (κ3) is 6.96. The van der Waals surface area contributed by atoms with E-state index in [1.165, 1.54) is 24.9 Å². The molecule has 1 aliphatic heterocycles. The van der Waals surface area contributed by atoms with Crippen LogP contribution in [0.1, 0.15) is 12.5 Å². The number of piperazine rings is 1. The van der Waals surface area contributed by atoms with Crippen molar-refractivity contribution in [2.75, 3.05) is 40.3 Å². The lowest BCUT2D eigenvalue weighted by molar-refractivity contribution is -0.181. The number of halogens is 4. The zero-order chi connectivity index (χ0) is 20.9. The van der Waals surface area contributed by atoms with Crippen LogP contribution in [0.25, 0.3) is 0 Å². The van der Waals surface area contributed by atoms with Crippen LogP contribution >= 0.6 is 24.0 Å². The van der Waals surface area contributed by atoms with Gasteiger partial charge in [0.25, 0.3) is 0 Å². The van der Waals surface area contributed by atoms with Crippen molar-refractivity contribution in [2.45, 2.75) is 30.6 Å². The van der Waals surface area contributed by atoms with Crippen LogP contribution in [0.3, 0.4) is 0 Å². The summed E-state index contributed by atoms with van der Waals surface area (Å²) >= 11 is 0. The third-order valence-electron chi connectivity index (χ3n) is 4.78. The fraction of sp³-hybridized carbons (Fsp3) is 0.588. The first-order valence-electron chi connectivity index (χ1n) is 8.87. The van der Waals surface area contributed by atoms with E-state index in [0.717, 1.165) is 5.56 Å². The maximum Gasteiger partial charge on any atom is 0.403 e. The summed E-state index contributed by atoms with van der Waals surface area (Å²) < 4.78 is 64.7. The Morgan fingerprint density at radius 2 is 1.86 bits per heavy atom. The Labute approximate surface area is 186 Å². The maximum atomic E-state index is 12.9. The van der Waals surface area contributed by atoms with Gasteiger partial charge < -0.3 is 10.2 Å². The number of guanidine groups is 1. The molecule has 2 N–H and O–H groups in total. The van der Waals surface area contributed by atoms with Crippen molar-refractivity contribution in [3.8, 4) is 0 Å². The van der Waals surface area contributed by atoms with Crippen molar-refractivity contribution >= 4 is 40.0 Å². The van der Waals surface area contributed by atoms with Crippen LogP contribution in [-0.2, 0) is 16.6 Å². The Balaban J connectivity index is 0.00000420. The highest BCUT2D eigenvalue weighted by Gasteiger charge is 2.41. The van der Waals surface area contributed by atoms with E-state index >= 15 is 0 Å². The summed E-state index contributed by atoms with van der Waals surface area (Å²) in [6, 6.07) is 5.04. The standard InChI is InChI=1S/C17H26F3N5O2S.HI/c1-13(17(18,19)20)24-7-9-25(10-8-24)16(21-2)23-12-14-5-4-6-15(11-14)28(26,27)22-3;/h4-6,11,13,22H,7-10,12H2,1-3H3,(H,21,23);1H. The summed E-state index contributed by atoms with van der Waals surface area (Å²) in [5.41, 5.74) is 0.752. The lowest BCUT2D eigenvalue weighted by atomic mass is 10.2. The summed E-state index contributed by atoms with van der Waals surface area (Å²) in [6.07, 6.45) is -4.24. The van der Waals surface area contributed by atoms with E-state index in [0.29, 0.717) is 25.6 Å². The van der Waals surface area contributed by atoms with Gasteiger partial charge in [0.05, 0.1) is 4.90 Å². The number of nitrogens with one attached hydrogen (secondary N) is 2. The van der Waals surface area contributed by atoms with Crippen LogP contribution in [-0.4, -0.2) is 76.7 Å². The topological polar surface area (TPSA) is 77.0 Å². The molecule has 0 aromatic heterocycles. The number of hydrogen-bond donors (Lipinski definition) is 2. The van der Waals surface area contributed by atoms with E-state index in [4.69, 9.17) is 0 Å². The van der Waals surface area contributed by atoms with Gasteiger partial charge in [-0.25, -0.2) is 13.1 Å². The molecule has 0 radical (unpaired) electrons. The Kier molecular flexibility index (Phi) is 9.63. The number of rotatable bonds is 5. The van der Waals surface area contributed by atoms with Gasteiger partial charge in [0, 0.05) is 39.8 Å². The Bertz CT molecular complexity index is 797. The van der Waals surface area contributed by atoms with Crippen LogP contribution in [0.5, 0.6) is 0 Å². The zero-order valence-electron chi connectivity index (χ0n) is 16.5. The molecule has 29 heavy (non-hydrogen) atoms. The number of benzene rings is 1. The van der Waals surface area contributed by atoms with Crippen molar-refractivity contribution in [3.05, 3.63) is 29.8 Å². The van der Waals surface area contributed by atoms with Crippen molar-refractivity contribution in [1.82, 2.24) is 19.8 Å². The number of hydrogen-bond acceptors (Lipinski definition) is 4. The summed E-state index contributed by atoms with van der Waals surface area (Å²) in [5.74, 6) is 0.571. The van der Waals surface area contributed by atoms with Gasteiger partial charge in [-0.05, 0) is 31.7 Å². The van der Waals surface area contributed by atoms with E-state index in [-0.39, 0.29) is 42.0 Å². The van der Waals surface area contributed by atoms with Gasteiger partial charge in [-0.15, -0.1) is 24.0 Å². The second-order valence-electron chi connectivity index (χ2n) is 6.50. The molecule has 0 amide bonds. The molecule has 166 valence electrons. The van der Waals surface area contributed by atoms with E-state index in [2.05, 4.69) is 15.0 Å². The molecule has 0 saturated carbocycles. The fourth-order valence-corrected chi connectivity index (χ4v) is 3.78. The van der Waals surface area contributed by atoms with Gasteiger partial charge in [0.1, 0.15) is 6.04 Å². The third-order valence-corrected chi connectivity index (χ3v) is 6.19. The zero-order valence-corrected chi connectivity index (χ0v) is 19.7. The quantitative estimate of drug-likeness (QED) is 0.333. The first-order valence-corrected chi connectivity index (χ1v) is 10.4. The van der Waals surface area contributed by atoms with Crippen LogP contribution in [0.4, 0.5) is 13.2 Å². The van der Waals surface area contributed by atoms with Crippen molar-refractivity contribution in [3.63, 3.8) is 0 Å². The minimum atomic E-state index is -4.24. The Morgan fingerprint density at radius 1 is 1.24 bits per heavy atom. The first kappa shape index (κ1) is 25.9. The lowest BCUT2D eigenvalue weighted by Crippen LogP contribution is -2.56. The van der Waals surface area contributed by atoms with Gasteiger partial charge in [0.2, 0.25) is 10.0 Å². The molecule has 1 heterocycles. The monoisotopic (exact) mass is 549 g/mol. The van der Waals surface area contributed by atoms with E-state index in [1.54, 1.807) is 25.2 Å². The number of sulfonamides is 1. The molecule has 1 aromatic rings. The highest BCUT2D eigenvalue weighted by Crippen LogP contribution is 2.25. The molecular weight excluding hydrogens is 522 g/mol. The SMILES string of the molecule is CN=C(NCc1cccc(S(=O)(=O)NC)c1)N1CCN(C(C)C(F)(F)F)CC1.I. The second-order valence-corrected chi connectivity index (χ2v) is 8.38. The van der Waals surface area contributed by atoms with Gasteiger partial charge in [0.15, 0.2) is 5.96 Å². The highest BCUT2D eigenvalue weighted by molar-refractivity contribution is 14.0. The van der Waals surface area contributed by atoms with Crippen molar-refractivity contribution < 1.29 is 21.6 Å². The minimum absolute atomic E-state index is 0. The average Bonchev–Trinajstić information content (AvgIpc) is 2.68. The lowest BCUT2D eigenvalue weighted by Gasteiger charge is -2.39. The summed E-state index contributed by atoms with van der Waals surface area (Å²) in [7, 11) is -0.573. The maximum absolute atomic E-state index is 12.9. The predicted molar refractivity (Wildman–Crippen MR) is 117 cm³/mol. The van der Waals surface area contributed by atoms with E-state index < -0.39 is 22.2 Å². The normalized spacial score (nSPS) is 17.6. The van der Waals surface area contributed by atoms with Crippen molar-refractivity contribution in [2.24, 2.45) is 4.99 Å². The van der Waals surface area contributed by atoms with E-state index in [1.807, 2.05) is 4.90 Å². The van der Waals surface area contributed by atoms with Crippen LogP contribution in [0.15, 0.2) is 34.2 Å². The van der Waals surface area contributed by atoms with E-state index in [9.17, 15) is 21.6 Å². The van der Waals surface area contributed by atoms with Crippen LogP contribution < -0.4 is 10.0 Å². The molecule has 1 fully saturated rings. The number of aliphatic imine (C=N–C) groups is 1. The Morgan fingerprint density at radius 3 is 2.38 bits per heavy atom. The molecule has 12 heteroatoms. The first-order chi connectivity index (χ1) is 13.1. The smallest absolute Gasteiger partial charge is 0.352 e. The summed E-state index contributed by atoms with van der Waals surface area (Å²) in [4.78, 5) is 7.67. The molecule has 0 bridgehead atoms. The largest absolute Gasteiger partial charge is 0.403 e. The molecule has 1 atom stereocenters. The molecule has 2 rings (SSSR count). The summed E-state index contributed by atoms with van der Waals surface area (Å²) in [6.45, 7) is 2.95. The average molecular weight is 549 g/mol. The number of alkyl halides is 3. The highest BCUT2D eigenvalue weighted by atomic mass is 127. The number of nitrogens with zero attached hydrogens (tertiary/aromatic N) is 3. The Hall–Kier alpha value is -1.12. The molecule has 1 aromatic carbocycles. The molecule has 0 spiro atoms. The molecular formula is C17H27F3IN5O2S. The van der Waals surface area contributed by atoms with Gasteiger partial charge in [-0.1, -0.05) is 12.1 Å². The van der Waals surface area contributed by atoms with Crippen molar-refractivity contribution in [1.29, 1.82) is 0 Å². The molecule has 1 aliphatic rings.